The number of aromatic nitrogens is 2. The number of para-hydroxylation sites is 2. The molecule has 0 radical (unpaired) electrons. The summed E-state index contributed by atoms with van der Waals surface area (Å²) in [5, 5.41) is 0.579. The predicted molar refractivity (Wildman–Crippen MR) is 127 cm³/mol. The van der Waals surface area contributed by atoms with Crippen LogP contribution in [-0.2, 0) is 0 Å². The average molecular weight is 494 g/mol. The van der Waals surface area contributed by atoms with Crippen molar-refractivity contribution in [3.63, 3.8) is 0 Å². The molecular weight excluding hydrogens is 475 g/mol. The van der Waals surface area contributed by atoms with Gasteiger partial charge in [0.25, 0.3) is 5.56 Å². The number of nitrogens with zero attached hydrogens (tertiary/aromatic N) is 2. The van der Waals surface area contributed by atoms with E-state index in [1.807, 2.05) is 66.7 Å². The van der Waals surface area contributed by atoms with E-state index in [2.05, 4.69) is 41.6 Å². The Labute approximate surface area is 182 Å². The Kier molecular flexibility index (Phi) is 5.49. The molecule has 0 saturated heterocycles. The summed E-state index contributed by atoms with van der Waals surface area (Å²) in [5.74, 6) is 1.17. The molecule has 0 fully saturated rings. The van der Waals surface area contributed by atoms with Crippen LogP contribution in [0.25, 0.3) is 28.7 Å². The van der Waals surface area contributed by atoms with Gasteiger partial charge in [-0.3, -0.25) is 9.36 Å². The summed E-state index contributed by atoms with van der Waals surface area (Å²) in [6, 6.07) is 21.4. The summed E-state index contributed by atoms with van der Waals surface area (Å²) in [6.07, 6.45) is 3.85. The lowest BCUT2D eigenvalue weighted by Gasteiger charge is -2.14. The van der Waals surface area contributed by atoms with Gasteiger partial charge in [-0.05, 0) is 71.5 Å². The quantitative estimate of drug-likeness (QED) is 0.353. The zero-order chi connectivity index (χ0) is 20.4. The van der Waals surface area contributed by atoms with Crippen LogP contribution in [0, 0.1) is 10.5 Å². The molecule has 3 aromatic carbocycles. The molecule has 0 spiro atoms. The highest BCUT2D eigenvalue weighted by molar-refractivity contribution is 14.1. The summed E-state index contributed by atoms with van der Waals surface area (Å²) >= 11 is 2.21. The van der Waals surface area contributed by atoms with Gasteiger partial charge in [-0.15, -0.1) is 0 Å². The summed E-state index contributed by atoms with van der Waals surface area (Å²) in [4.78, 5) is 18.2. The van der Waals surface area contributed by atoms with Crippen LogP contribution in [0.5, 0.6) is 5.75 Å². The maximum absolute atomic E-state index is 13.5. The van der Waals surface area contributed by atoms with E-state index in [4.69, 9.17) is 9.72 Å². The normalized spacial score (nSPS) is 11.3. The van der Waals surface area contributed by atoms with Crippen LogP contribution in [-0.4, -0.2) is 16.7 Å². The highest BCUT2D eigenvalue weighted by Gasteiger charge is 2.14. The van der Waals surface area contributed by atoms with E-state index in [1.54, 1.807) is 11.7 Å². The van der Waals surface area contributed by atoms with E-state index in [0.717, 1.165) is 9.13 Å². The van der Waals surface area contributed by atoms with Crippen LogP contribution in [0.2, 0.25) is 0 Å². The van der Waals surface area contributed by atoms with E-state index in [9.17, 15) is 4.79 Å². The van der Waals surface area contributed by atoms with Crippen molar-refractivity contribution in [2.75, 3.05) is 7.11 Å². The molecule has 0 aliphatic rings. The lowest BCUT2D eigenvalue weighted by atomic mass is 10.1. The van der Waals surface area contributed by atoms with Gasteiger partial charge in [-0.2, -0.15) is 0 Å². The SMILES string of the molecule is COc1ccccc1-n1c(/C=C/c2cccc(C)c2)nc2ccc(I)cc2c1=O. The molecule has 0 amide bonds. The fraction of sp³-hybridized carbons (Fsp3) is 0.0833. The zero-order valence-electron chi connectivity index (χ0n) is 16.1. The second kappa shape index (κ2) is 8.21. The van der Waals surface area contributed by atoms with Gasteiger partial charge >= 0.3 is 0 Å². The smallest absolute Gasteiger partial charge is 0.266 e. The van der Waals surface area contributed by atoms with E-state index in [-0.39, 0.29) is 5.56 Å². The summed E-state index contributed by atoms with van der Waals surface area (Å²) in [7, 11) is 1.60. The Morgan fingerprint density at radius 1 is 1.00 bits per heavy atom. The first-order valence-electron chi connectivity index (χ1n) is 9.17. The molecule has 0 N–H and O–H groups in total. The van der Waals surface area contributed by atoms with Gasteiger partial charge in [-0.25, -0.2) is 4.98 Å². The predicted octanol–water partition coefficient (Wildman–Crippen LogP) is 5.48. The largest absolute Gasteiger partial charge is 0.495 e. The van der Waals surface area contributed by atoms with Crippen LogP contribution in [0.1, 0.15) is 17.0 Å². The Morgan fingerprint density at radius 3 is 2.62 bits per heavy atom. The minimum absolute atomic E-state index is 0.123. The lowest BCUT2D eigenvalue weighted by molar-refractivity contribution is 0.412. The van der Waals surface area contributed by atoms with Gasteiger partial charge in [0.15, 0.2) is 0 Å². The number of hydrogen-bond donors (Lipinski definition) is 0. The van der Waals surface area contributed by atoms with Crippen molar-refractivity contribution >= 4 is 45.6 Å². The van der Waals surface area contributed by atoms with Crippen LogP contribution in [0.15, 0.2) is 71.5 Å². The highest BCUT2D eigenvalue weighted by atomic mass is 127. The third-order valence-corrected chi connectivity index (χ3v) is 5.32. The van der Waals surface area contributed by atoms with Crippen molar-refractivity contribution in [2.45, 2.75) is 6.92 Å². The second-order valence-electron chi connectivity index (χ2n) is 6.69. The number of benzene rings is 3. The van der Waals surface area contributed by atoms with Crippen molar-refractivity contribution in [3.8, 4) is 11.4 Å². The maximum atomic E-state index is 13.5. The lowest BCUT2D eigenvalue weighted by Crippen LogP contribution is -2.23. The first kappa shape index (κ1) is 19.4. The molecule has 4 nitrogen and oxygen atoms in total. The van der Waals surface area contributed by atoms with Gasteiger partial charge in [0.1, 0.15) is 11.6 Å². The Bertz CT molecular complexity index is 1290. The fourth-order valence-corrected chi connectivity index (χ4v) is 3.77. The number of hydrogen-bond acceptors (Lipinski definition) is 3. The zero-order valence-corrected chi connectivity index (χ0v) is 18.3. The van der Waals surface area contributed by atoms with Crippen LogP contribution < -0.4 is 10.3 Å². The Hall–Kier alpha value is -2.93. The summed E-state index contributed by atoms with van der Waals surface area (Å²) < 4.78 is 8.12. The van der Waals surface area contributed by atoms with Crippen molar-refractivity contribution in [2.24, 2.45) is 0 Å². The van der Waals surface area contributed by atoms with E-state index in [0.29, 0.717) is 28.2 Å². The first-order chi connectivity index (χ1) is 14.1. The maximum Gasteiger partial charge on any atom is 0.266 e. The third-order valence-electron chi connectivity index (χ3n) is 4.65. The average Bonchev–Trinajstić information content (AvgIpc) is 2.73. The molecule has 1 heterocycles. The van der Waals surface area contributed by atoms with Gasteiger partial charge in [0, 0.05) is 3.57 Å². The number of halogens is 1. The molecular formula is C24H19IN2O2. The van der Waals surface area contributed by atoms with Gasteiger partial charge in [-0.1, -0.05) is 48.0 Å². The molecule has 0 bridgehead atoms. The third kappa shape index (κ3) is 3.96. The molecule has 5 heteroatoms. The molecule has 4 aromatic rings. The van der Waals surface area contributed by atoms with Crippen molar-refractivity contribution in [3.05, 3.63) is 97.6 Å². The molecule has 0 saturated carbocycles. The molecule has 4 rings (SSSR count). The van der Waals surface area contributed by atoms with E-state index < -0.39 is 0 Å². The summed E-state index contributed by atoms with van der Waals surface area (Å²) in [6.45, 7) is 2.05. The Morgan fingerprint density at radius 2 is 1.83 bits per heavy atom. The van der Waals surface area contributed by atoms with Crippen molar-refractivity contribution < 1.29 is 4.74 Å². The van der Waals surface area contributed by atoms with E-state index in [1.165, 1.54) is 5.56 Å². The van der Waals surface area contributed by atoms with Crippen LogP contribution >= 0.6 is 22.6 Å². The van der Waals surface area contributed by atoms with Crippen molar-refractivity contribution in [1.82, 2.24) is 9.55 Å². The number of methoxy groups -OCH3 is 1. The van der Waals surface area contributed by atoms with Crippen molar-refractivity contribution in [1.29, 1.82) is 0 Å². The Balaban J connectivity index is 1.99. The van der Waals surface area contributed by atoms with Crippen LogP contribution in [0.3, 0.4) is 0 Å². The molecule has 0 aliphatic heterocycles. The van der Waals surface area contributed by atoms with Gasteiger partial charge in [0.2, 0.25) is 0 Å². The van der Waals surface area contributed by atoms with E-state index >= 15 is 0 Å². The minimum Gasteiger partial charge on any atom is -0.495 e. The molecule has 29 heavy (non-hydrogen) atoms. The summed E-state index contributed by atoms with van der Waals surface area (Å²) in [5.41, 5.74) is 3.44. The van der Waals surface area contributed by atoms with Gasteiger partial charge in [0.05, 0.1) is 23.7 Å². The highest BCUT2D eigenvalue weighted by Crippen LogP contribution is 2.24. The molecule has 0 aliphatic carbocycles. The number of rotatable bonds is 4. The van der Waals surface area contributed by atoms with Crippen LogP contribution in [0.4, 0.5) is 0 Å². The standard InChI is InChI=1S/C24H19IN2O2/c1-16-6-5-7-17(14-16)10-13-23-26-20-12-11-18(25)15-19(20)24(28)27(23)21-8-3-4-9-22(21)29-2/h3-15H,1-2H3/b13-10+. The first-order valence-corrected chi connectivity index (χ1v) is 10.2. The van der Waals surface area contributed by atoms with Gasteiger partial charge < -0.3 is 4.74 Å². The number of aryl methyl sites for hydroxylation is 1. The topological polar surface area (TPSA) is 44.1 Å². The molecule has 0 atom stereocenters. The molecule has 1 aromatic heterocycles. The molecule has 144 valence electrons. The number of ether oxygens (including phenoxy) is 1. The monoisotopic (exact) mass is 494 g/mol. The fourth-order valence-electron chi connectivity index (χ4n) is 3.28. The minimum atomic E-state index is -0.123. The second-order valence-corrected chi connectivity index (χ2v) is 7.94. The number of fused-ring (bicyclic) bond motifs is 1. The molecule has 0 unspecified atom stereocenters.